The van der Waals surface area contributed by atoms with E-state index >= 15 is 0 Å². The van der Waals surface area contributed by atoms with Crippen molar-refractivity contribution in [1.82, 2.24) is 4.57 Å². The van der Waals surface area contributed by atoms with E-state index < -0.39 is 0 Å². The zero-order valence-electron chi connectivity index (χ0n) is 23.3. The van der Waals surface area contributed by atoms with Crippen LogP contribution in [0, 0.1) is 6.92 Å². The van der Waals surface area contributed by atoms with Gasteiger partial charge in [-0.05, 0) is 81.1 Å². The first-order chi connectivity index (χ1) is 19.6. The van der Waals surface area contributed by atoms with Crippen molar-refractivity contribution in [2.24, 2.45) is 0 Å². The molecule has 1 aliphatic heterocycles. The van der Waals surface area contributed by atoms with Gasteiger partial charge in [0.05, 0.1) is 10.6 Å². The van der Waals surface area contributed by atoms with Gasteiger partial charge in [-0.3, -0.25) is 9.36 Å². The number of aryl methyl sites for hydroxylation is 2. The Hall–Kier alpha value is -3.48. The van der Waals surface area contributed by atoms with Crippen LogP contribution in [0.5, 0.6) is 0 Å². The van der Waals surface area contributed by atoms with Crippen LogP contribution in [0.4, 0.5) is 11.4 Å². The molecule has 0 saturated heterocycles. The van der Waals surface area contributed by atoms with Crippen molar-refractivity contribution in [3.63, 3.8) is 0 Å². The first kappa shape index (κ1) is 25.5. The number of hydrogen-bond acceptors (Lipinski definition) is 4. The van der Waals surface area contributed by atoms with E-state index in [1.54, 1.807) is 22.7 Å². The van der Waals surface area contributed by atoms with Crippen molar-refractivity contribution < 1.29 is 4.57 Å². The molecule has 0 N–H and O–H groups in total. The summed E-state index contributed by atoms with van der Waals surface area (Å²) in [7, 11) is 0. The molecule has 202 valence electrons. The summed E-state index contributed by atoms with van der Waals surface area (Å²) in [5.41, 5.74) is 7.81. The number of benzene rings is 3. The Kier molecular flexibility index (Phi) is 6.48. The highest BCUT2D eigenvalue weighted by Crippen LogP contribution is 2.52. The number of aromatic nitrogens is 2. The molecule has 1 saturated carbocycles. The number of nitrogens with zero attached hydrogens (tertiary/aromatic N) is 3. The Morgan fingerprint density at radius 3 is 2.60 bits per heavy atom. The third-order valence-corrected chi connectivity index (χ3v) is 10.8. The van der Waals surface area contributed by atoms with Crippen molar-refractivity contribution >= 4 is 56.4 Å². The molecule has 2 atom stereocenters. The minimum Gasteiger partial charge on any atom is -0.338 e. The smallest absolute Gasteiger partial charge is 0.269 e. The van der Waals surface area contributed by atoms with E-state index in [-0.39, 0.29) is 5.56 Å². The predicted octanol–water partition coefficient (Wildman–Crippen LogP) is 6.21. The highest BCUT2D eigenvalue weighted by molar-refractivity contribution is 7.19. The summed E-state index contributed by atoms with van der Waals surface area (Å²) in [6.45, 7) is 7.94. The molecule has 0 bridgehead atoms. The highest BCUT2D eigenvalue weighted by atomic mass is 32.1. The van der Waals surface area contributed by atoms with E-state index in [0.29, 0.717) is 18.5 Å². The maximum Gasteiger partial charge on any atom is 0.269 e. The third-order valence-electron chi connectivity index (χ3n) is 8.58. The standard InChI is InChI=1S/C34H34N3OS2/c1-4-35-29-10-6-7-12-30(29)39-32(35)21-33-36(5-2)34(38)31(40-33)20-23-15-18-28-26(19-23)25-9-8-11-27(25)37(28)24-16-13-22(3)14-17-24/h6-7,10,12-21,25,27H,4-5,8-9,11H2,1-3H3/q+1. The van der Waals surface area contributed by atoms with Gasteiger partial charge in [-0.15, -0.1) is 11.3 Å². The Labute approximate surface area is 242 Å². The van der Waals surface area contributed by atoms with Gasteiger partial charge >= 0.3 is 0 Å². The Morgan fingerprint density at radius 1 is 0.975 bits per heavy atom. The molecule has 5 aromatic rings. The number of anilines is 2. The largest absolute Gasteiger partial charge is 0.338 e. The minimum absolute atomic E-state index is 0.100. The van der Waals surface area contributed by atoms with E-state index in [0.717, 1.165) is 21.3 Å². The lowest BCUT2D eigenvalue weighted by Gasteiger charge is -2.27. The fourth-order valence-electron chi connectivity index (χ4n) is 6.69. The quantitative estimate of drug-likeness (QED) is 0.238. The summed E-state index contributed by atoms with van der Waals surface area (Å²) >= 11 is 3.39. The van der Waals surface area contributed by atoms with Crippen molar-refractivity contribution in [3.05, 3.63) is 108 Å². The predicted molar refractivity (Wildman–Crippen MR) is 168 cm³/mol. The van der Waals surface area contributed by atoms with Gasteiger partial charge in [0.15, 0.2) is 0 Å². The van der Waals surface area contributed by atoms with E-state index in [9.17, 15) is 4.79 Å². The molecule has 0 amide bonds. The van der Waals surface area contributed by atoms with Crippen molar-refractivity contribution in [2.45, 2.75) is 65.1 Å². The van der Waals surface area contributed by atoms with Gasteiger partial charge in [0, 0.05) is 35.9 Å². The highest BCUT2D eigenvalue weighted by Gasteiger charge is 2.42. The number of para-hydroxylation sites is 1. The topological polar surface area (TPSA) is 29.1 Å². The molecule has 7 rings (SSSR count). The van der Waals surface area contributed by atoms with Crippen molar-refractivity contribution in [2.75, 3.05) is 4.90 Å². The SMILES string of the molecule is CCn1c(=Cc2sc3ccccc3[n+]2CC)sc(=Cc2ccc3c(c2)C2CCCC2N3c2ccc(C)cc2)c1=O. The van der Waals surface area contributed by atoms with Crippen LogP contribution >= 0.6 is 22.7 Å². The Morgan fingerprint density at radius 2 is 1.80 bits per heavy atom. The summed E-state index contributed by atoms with van der Waals surface area (Å²) in [4.78, 5) is 16.1. The van der Waals surface area contributed by atoms with Crippen molar-refractivity contribution in [1.29, 1.82) is 0 Å². The van der Waals surface area contributed by atoms with Crippen LogP contribution in [0.1, 0.15) is 60.7 Å². The lowest BCUT2D eigenvalue weighted by atomic mass is 9.96. The second-order valence-corrected chi connectivity index (χ2v) is 13.0. The second kappa shape index (κ2) is 10.2. The molecule has 2 aliphatic rings. The van der Waals surface area contributed by atoms with E-state index in [4.69, 9.17) is 0 Å². The van der Waals surface area contributed by atoms with E-state index in [1.165, 1.54) is 57.0 Å². The molecule has 6 heteroatoms. The number of fused-ring (bicyclic) bond motifs is 4. The molecular weight excluding hydrogens is 531 g/mol. The third kappa shape index (κ3) is 4.16. The number of thiazole rings is 2. The number of hydrogen-bond donors (Lipinski definition) is 0. The van der Waals surface area contributed by atoms with Gasteiger partial charge in [0.2, 0.25) is 5.52 Å². The first-order valence-corrected chi connectivity index (χ1v) is 16.0. The zero-order chi connectivity index (χ0) is 27.4. The molecule has 4 nitrogen and oxygen atoms in total. The summed E-state index contributed by atoms with van der Waals surface area (Å²) in [6.07, 6.45) is 8.04. The lowest BCUT2D eigenvalue weighted by molar-refractivity contribution is -0.665. The summed E-state index contributed by atoms with van der Waals surface area (Å²) in [5, 5.41) is 1.18. The molecule has 1 aliphatic carbocycles. The average molecular weight is 565 g/mol. The molecule has 0 spiro atoms. The van der Waals surface area contributed by atoms with Gasteiger partial charge in [0.1, 0.15) is 15.9 Å². The van der Waals surface area contributed by atoms with E-state index in [1.807, 2.05) is 4.57 Å². The van der Waals surface area contributed by atoms with Gasteiger partial charge in [-0.2, -0.15) is 4.57 Å². The molecule has 3 heterocycles. The molecular formula is C34H34N3OS2+. The van der Waals surface area contributed by atoms with Crippen molar-refractivity contribution in [3.8, 4) is 0 Å². The van der Waals surface area contributed by atoms with Gasteiger partial charge in [-0.1, -0.05) is 53.7 Å². The van der Waals surface area contributed by atoms with Crippen LogP contribution in [-0.4, -0.2) is 10.6 Å². The first-order valence-electron chi connectivity index (χ1n) is 14.4. The maximum absolute atomic E-state index is 13.5. The Bertz CT molecular complexity index is 1910. The van der Waals surface area contributed by atoms with Crippen LogP contribution < -0.4 is 24.2 Å². The fourth-order valence-corrected chi connectivity index (χ4v) is 9.04. The fraction of sp³-hybridized carbons (Fsp3) is 0.294. The van der Waals surface area contributed by atoms with Crippen LogP contribution in [0.2, 0.25) is 0 Å². The summed E-state index contributed by atoms with van der Waals surface area (Å²) in [5.74, 6) is 0.557. The van der Waals surface area contributed by atoms with Crippen LogP contribution in [0.25, 0.3) is 22.4 Å². The Balaban J connectivity index is 1.32. The molecule has 0 radical (unpaired) electrons. The monoisotopic (exact) mass is 564 g/mol. The zero-order valence-corrected chi connectivity index (χ0v) is 24.9. The minimum atomic E-state index is 0.100. The van der Waals surface area contributed by atoms with Crippen LogP contribution in [-0.2, 0) is 13.1 Å². The van der Waals surface area contributed by atoms with Gasteiger partial charge in [0.25, 0.3) is 10.6 Å². The number of rotatable bonds is 5. The summed E-state index contributed by atoms with van der Waals surface area (Å²) in [6, 6.07) is 24.8. The summed E-state index contributed by atoms with van der Waals surface area (Å²) < 4.78 is 7.34. The van der Waals surface area contributed by atoms with Gasteiger partial charge in [-0.25, -0.2) is 0 Å². The molecule has 2 aromatic heterocycles. The molecule has 40 heavy (non-hydrogen) atoms. The average Bonchev–Trinajstić information content (AvgIpc) is 3.71. The lowest BCUT2D eigenvalue weighted by Crippen LogP contribution is -2.35. The molecule has 2 unspecified atom stereocenters. The van der Waals surface area contributed by atoms with Crippen LogP contribution in [0.3, 0.4) is 0 Å². The van der Waals surface area contributed by atoms with Crippen LogP contribution in [0.15, 0.2) is 71.5 Å². The maximum atomic E-state index is 13.5. The van der Waals surface area contributed by atoms with E-state index in [2.05, 4.69) is 109 Å². The normalized spacial score (nSPS) is 19.1. The second-order valence-electron chi connectivity index (χ2n) is 10.9. The molecule has 1 fully saturated rings. The van der Waals surface area contributed by atoms with Gasteiger partial charge < -0.3 is 4.90 Å². The molecule has 3 aromatic carbocycles.